The zero-order valence-electron chi connectivity index (χ0n) is 7.39. The Kier molecular flexibility index (Phi) is 4.17. The molecule has 0 aliphatic heterocycles. The fraction of sp³-hybridized carbons (Fsp3) is 0.778. The van der Waals surface area contributed by atoms with Crippen molar-refractivity contribution in [1.29, 1.82) is 0 Å². The van der Waals surface area contributed by atoms with Crippen LogP contribution in [0.5, 0.6) is 0 Å². The van der Waals surface area contributed by atoms with Crippen molar-refractivity contribution in [3.63, 3.8) is 0 Å². The molecule has 0 unspecified atom stereocenters. The van der Waals surface area contributed by atoms with Gasteiger partial charge in [-0.05, 0) is 17.9 Å². The van der Waals surface area contributed by atoms with E-state index in [0.717, 1.165) is 6.42 Å². The molecule has 0 aromatic rings. The van der Waals surface area contributed by atoms with Crippen molar-refractivity contribution in [3.05, 3.63) is 11.8 Å². The topological polar surface area (TPSA) is 20.2 Å². The Labute approximate surface area is 63.8 Å². The minimum atomic E-state index is 0.457. The van der Waals surface area contributed by atoms with Gasteiger partial charge in [-0.25, -0.2) is 0 Å². The fourth-order valence-electron chi connectivity index (χ4n) is 0.871. The van der Waals surface area contributed by atoms with Crippen molar-refractivity contribution in [1.82, 2.24) is 0 Å². The molecule has 0 heterocycles. The second-order valence-electron chi connectivity index (χ2n) is 3.50. The van der Waals surface area contributed by atoms with E-state index in [-0.39, 0.29) is 0 Å². The van der Waals surface area contributed by atoms with Crippen LogP contribution in [0.4, 0.5) is 0 Å². The van der Waals surface area contributed by atoms with Gasteiger partial charge in [0.15, 0.2) is 0 Å². The van der Waals surface area contributed by atoms with E-state index in [4.69, 9.17) is 0 Å². The normalized spacial score (nSPS) is 13.2. The summed E-state index contributed by atoms with van der Waals surface area (Å²) < 4.78 is 0. The summed E-state index contributed by atoms with van der Waals surface area (Å²) in [6.45, 7) is 8.34. The minimum absolute atomic E-state index is 0.457. The molecule has 1 N–H and O–H groups in total. The summed E-state index contributed by atoms with van der Waals surface area (Å²) in [5.74, 6) is 1.54. The van der Waals surface area contributed by atoms with Gasteiger partial charge in [-0.2, -0.15) is 0 Å². The quantitative estimate of drug-likeness (QED) is 0.600. The summed E-state index contributed by atoms with van der Waals surface area (Å²) in [6, 6.07) is 0. The van der Waals surface area contributed by atoms with Crippen molar-refractivity contribution in [2.45, 2.75) is 34.1 Å². The van der Waals surface area contributed by atoms with Crippen molar-refractivity contribution in [2.24, 2.45) is 11.8 Å². The molecule has 0 radical (unpaired) electrons. The van der Waals surface area contributed by atoms with Crippen molar-refractivity contribution >= 4 is 0 Å². The zero-order valence-corrected chi connectivity index (χ0v) is 7.39. The number of hydrogen-bond acceptors (Lipinski definition) is 1. The van der Waals surface area contributed by atoms with Crippen molar-refractivity contribution in [2.75, 3.05) is 0 Å². The first kappa shape index (κ1) is 9.54. The van der Waals surface area contributed by atoms with Gasteiger partial charge in [-0.1, -0.05) is 27.7 Å². The number of rotatable bonds is 3. The average molecular weight is 142 g/mol. The third-order valence-corrected chi connectivity index (χ3v) is 1.14. The first-order valence-corrected chi connectivity index (χ1v) is 3.92. The second-order valence-corrected chi connectivity index (χ2v) is 3.50. The first-order chi connectivity index (χ1) is 4.52. The first-order valence-electron chi connectivity index (χ1n) is 3.92. The van der Waals surface area contributed by atoms with Gasteiger partial charge in [0.2, 0.25) is 0 Å². The van der Waals surface area contributed by atoms with Gasteiger partial charge >= 0.3 is 0 Å². The minimum Gasteiger partial charge on any atom is -0.513 e. The molecule has 10 heavy (non-hydrogen) atoms. The van der Waals surface area contributed by atoms with Crippen LogP contribution in [-0.4, -0.2) is 5.11 Å². The fourth-order valence-corrected chi connectivity index (χ4v) is 0.871. The van der Waals surface area contributed by atoms with Crippen LogP contribution < -0.4 is 0 Å². The van der Waals surface area contributed by atoms with Crippen molar-refractivity contribution < 1.29 is 5.11 Å². The molecule has 1 nitrogen and oxygen atoms in total. The van der Waals surface area contributed by atoms with E-state index in [0.29, 0.717) is 17.6 Å². The number of aliphatic hydroxyl groups excluding tert-OH is 1. The Morgan fingerprint density at radius 1 is 1.30 bits per heavy atom. The van der Waals surface area contributed by atoms with E-state index in [9.17, 15) is 5.11 Å². The molecule has 0 aliphatic carbocycles. The lowest BCUT2D eigenvalue weighted by molar-refractivity contribution is 0.359. The molecule has 1 heteroatoms. The molecule has 0 atom stereocenters. The highest BCUT2D eigenvalue weighted by molar-refractivity contribution is 4.93. The summed E-state index contributed by atoms with van der Waals surface area (Å²) in [4.78, 5) is 0. The second kappa shape index (κ2) is 4.37. The SMILES string of the molecule is CC(C)/C=C(/O)CC(C)C. The molecule has 60 valence electrons. The van der Waals surface area contributed by atoms with E-state index < -0.39 is 0 Å². The maximum atomic E-state index is 9.25. The summed E-state index contributed by atoms with van der Waals surface area (Å²) in [5.41, 5.74) is 0. The summed E-state index contributed by atoms with van der Waals surface area (Å²) in [7, 11) is 0. The summed E-state index contributed by atoms with van der Waals surface area (Å²) in [5, 5.41) is 9.25. The lowest BCUT2D eigenvalue weighted by Gasteiger charge is -2.04. The van der Waals surface area contributed by atoms with Gasteiger partial charge in [-0.3, -0.25) is 0 Å². The third-order valence-electron chi connectivity index (χ3n) is 1.14. The molecule has 0 saturated carbocycles. The van der Waals surface area contributed by atoms with Gasteiger partial charge in [0.25, 0.3) is 0 Å². The predicted molar refractivity (Wildman–Crippen MR) is 45.0 cm³/mol. The molecular formula is C9H18O. The molecule has 0 aliphatic rings. The molecule has 0 spiro atoms. The molecule has 0 bridgehead atoms. The van der Waals surface area contributed by atoms with Crippen LogP contribution in [0.15, 0.2) is 11.8 Å². The monoisotopic (exact) mass is 142 g/mol. The van der Waals surface area contributed by atoms with Gasteiger partial charge in [-0.15, -0.1) is 0 Å². The Hall–Kier alpha value is -0.460. The highest BCUT2D eigenvalue weighted by Crippen LogP contribution is 2.09. The summed E-state index contributed by atoms with van der Waals surface area (Å²) >= 11 is 0. The lowest BCUT2D eigenvalue weighted by atomic mass is 10.1. The Morgan fingerprint density at radius 3 is 2.10 bits per heavy atom. The highest BCUT2D eigenvalue weighted by atomic mass is 16.3. The largest absolute Gasteiger partial charge is 0.513 e. The molecule has 0 amide bonds. The van der Waals surface area contributed by atoms with Crippen molar-refractivity contribution in [3.8, 4) is 0 Å². The Morgan fingerprint density at radius 2 is 1.80 bits per heavy atom. The molecule has 0 fully saturated rings. The number of aliphatic hydroxyl groups is 1. The maximum absolute atomic E-state index is 9.25. The van der Waals surface area contributed by atoms with Gasteiger partial charge in [0.1, 0.15) is 0 Å². The molecule has 0 aromatic carbocycles. The van der Waals surface area contributed by atoms with Crippen LogP contribution in [0.25, 0.3) is 0 Å². The lowest BCUT2D eigenvalue weighted by Crippen LogP contribution is -1.92. The smallest absolute Gasteiger partial charge is 0.0888 e. The third kappa shape index (κ3) is 5.67. The van der Waals surface area contributed by atoms with E-state index >= 15 is 0 Å². The maximum Gasteiger partial charge on any atom is 0.0888 e. The summed E-state index contributed by atoms with van der Waals surface area (Å²) in [6.07, 6.45) is 2.71. The van der Waals surface area contributed by atoms with E-state index in [1.807, 2.05) is 6.08 Å². The van der Waals surface area contributed by atoms with Gasteiger partial charge < -0.3 is 5.11 Å². The van der Waals surface area contributed by atoms with E-state index in [2.05, 4.69) is 27.7 Å². The van der Waals surface area contributed by atoms with E-state index in [1.165, 1.54) is 0 Å². The molecular weight excluding hydrogens is 124 g/mol. The van der Waals surface area contributed by atoms with Crippen LogP contribution in [0, 0.1) is 11.8 Å². The number of allylic oxidation sites excluding steroid dienone is 2. The molecule has 0 rings (SSSR count). The van der Waals surface area contributed by atoms with Gasteiger partial charge in [0, 0.05) is 6.42 Å². The zero-order chi connectivity index (χ0) is 8.15. The van der Waals surface area contributed by atoms with Crippen LogP contribution in [0.2, 0.25) is 0 Å². The van der Waals surface area contributed by atoms with Crippen LogP contribution >= 0.6 is 0 Å². The number of hydrogen-bond donors (Lipinski definition) is 1. The standard InChI is InChI=1S/C9H18O/c1-7(2)5-9(10)6-8(3)4/h5,7-8,10H,6H2,1-4H3/b9-5+. The van der Waals surface area contributed by atoms with E-state index in [1.54, 1.807) is 0 Å². The average Bonchev–Trinajstić information content (AvgIpc) is 1.58. The Bertz CT molecular complexity index is 112. The highest BCUT2D eigenvalue weighted by Gasteiger charge is 1.98. The van der Waals surface area contributed by atoms with Crippen LogP contribution in [0.3, 0.4) is 0 Å². The Balaban J connectivity index is 3.71. The van der Waals surface area contributed by atoms with Crippen LogP contribution in [-0.2, 0) is 0 Å². The molecule has 0 saturated heterocycles. The van der Waals surface area contributed by atoms with Crippen LogP contribution in [0.1, 0.15) is 34.1 Å². The molecule has 0 aromatic heterocycles. The predicted octanol–water partition coefficient (Wildman–Crippen LogP) is 3.13. The van der Waals surface area contributed by atoms with Gasteiger partial charge in [0.05, 0.1) is 5.76 Å².